The van der Waals surface area contributed by atoms with E-state index in [9.17, 15) is 13.6 Å². The molecule has 0 unspecified atom stereocenters. The number of aryl methyl sites for hydroxylation is 1. The summed E-state index contributed by atoms with van der Waals surface area (Å²) in [6.07, 6.45) is 0. The van der Waals surface area contributed by atoms with Gasteiger partial charge in [-0.05, 0) is 52.0 Å². The largest absolute Gasteiger partial charge is 0.455 e. The molecule has 134 valence electrons. The zero-order valence-electron chi connectivity index (χ0n) is 15.1. The molecule has 26 heavy (non-hydrogen) atoms. The minimum Gasteiger partial charge on any atom is -0.455 e. The Morgan fingerprint density at radius 3 is 2.46 bits per heavy atom. The van der Waals surface area contributed by atoms with Gasteiger partial charge in [-0.2, -0.15) is 0 Å². The fourth-order valence-electron chi connectivity index (χ4n) is 2.74. The van der Waals surface area contributed by atoms with Crippen LogP contribution in [0.3, 0.4) is 0 Å². The van der Waals surface area contributed by atoms with Crippen LogP contribution >= 0.6 is 0 Å². The number of hydrogen-bond donors (Lipinski definition) is 0. The molecular weight excluding hydrogens is 336 g/mol. The number of nitrogens with zero attached hydrogens (tertiary/aromatic N) is 1. The first-order valence-electron chi connectivity index (χ1n) is 8.25. The molecule has 0 saturated heterocycles. The summed E-state index contributed by atoms with van der Waals surface area (Å²) in [5.41, 5.74) is 0.422. The van der Waals surface area contributed by atoms with Gasteiger partial charge in [0.25, 0.3) is 0 Å². The lowest BCUT2D eigenvalue weighted by Gasteiger charge is -2.24. The van der Waals surface area contributed by atoms with Gasteiger partial charge in [0, 0.05) is 10.9 Å². The molecule has 1 heterocycles. The van der Waals surface area contributed by atoms with Gasteiger partial charge in [-0.1, -0.05) is 18.2 Å². The number of fused-ring (bicyclic) bond motifs is 1. The first-order chi connectivity index (χ1) is 12.2. The standard InChI is InChI=1S/C21H19F2NO2/c1-12-18(11-14-9-10-16(22)19(23)20(14)24-12)26-17-8-6-5-7-15(17)21(3,4)13(2)25/h5-11H,1-4H3. The number of pyridine rings is 1. The second-order valence-electron chi connectivity index (χ2n) is 6.78. The molecule has 3 nitrogen and oxygen atoms in total. The smallest absolute Gasteiger partial charge is 0.184 e. The summed E-state index contributed by atoms with van der Waals surface area (Å²) in [5, 5.41) is 0.438. The van der Waals surface area contributed by atoms with Crippen LogP contribution in [0.15, 0.2) is 42.5 Å². The van der Waals surface area contributed by atoms with E-state index in [-0.39, 0.29) is 11.3 Å². The van der Waals surface area contributed by atoms with E-state index in [1.807, 2.05) is 32.0 Å². The number of ketones is 1. The van der Waals surface area contributed by atoms with Crippen LogP contribution in [0.2, 0.25) is 0 Å². The quantitative estimate of drug-likeness (QED) is 0.622. The van der Waals surface area contributed by atoms with Crippen LogP contribution in [0.25, 0.3) is 10.9 Å². The number of rotatable bonds is 4. The predicted molar refractivity (Wildman–Crippen MR) is 96.6 cm³/mol. The first kappa shape index (κ1) is 18.0. The zero-order chi connectivity index (χ0) is 19.1. The van der Waals surface area contributed by atoms with Gasteiger partial charge in [0.05, 0.1) is 11.1 Å². The third-order valence-electron chi connectivity index (χ3n) is 4.68. The Bertz CT molecular complexity index is 1010. The summed E-state index contributed by atoms with van der Waals surface area (Å²) in [4.78, 5) is 16.2. The van der Waals surface area contributed by atoms with Crippen LogP contribution in [0.5, 0.6) is 11.5 Å². The van der Waals surface area contributed by atoms with E-state index in [0.29, 0.717) is 22.6 Å². The van der Waals surface area contributed by atoms with Crippen molar-refractivity contribution < 1.29 is 18.3 Å². The summed E-state index contributed by atoms with van der Waals surface area (Å²) in [7, 11) is 0. The van der Waals surface area contributed by atoms with Gasteiger partial charge in [-0.15, -0.1) is 0 Å². The summed E-state index contributed by atoms with van der Waals surface area (Å²) in [5.74, 6) is -0.948. The summed E-state index contributed by atoms with van der Waals surface area (Å²) in [6, 6.07) is 11.4. The van der Waals surface area contributed by atoms with E-state index < -0.39 is 17.0 Å². The lowest BCUT2D eigenvalue weighted by Crippen LogP contribution is -2.26. The number of carbonyl (C=O) groups is 1. The normalized spacial score (nSPS) is 11.6. The SMILES string of the molecule is CC(=O)C(C)(C)c1ccccc1Oc1cc2ccc(F)c(F)c2nc1C. The molecular formula is C21H19F2NO2. The molecule has 3 aromatic rings. The molecule has 0 atom stereocenters. The number of hydrogen-bond acceptors (Lipinski definition) is 3. The van der Waals surface area contributed by atoms with Gasteiger partial charge >= 0.3 is 0 Å². The van der Waals surface area contributed by atoms with Crippen LogP contribution in [-0.4, -0.2) is 10.8 Å². The molecule has 0 aliphatic heterocycles. The third-order valence-corrected chi connectivity index (χ3v) is 4.68. The highest BCUT2D eigenvalue weighted by atomic mass is 19.2. The van der Waals surface area contributed by atoms with Crippen LogP contribution in [-0.2, 0) is 10.2 Å². The highest BCUT2D eigenvalue weighted by molar-refractivity contribution is 5.88. The van der Waals surface area contributed by atoms with Crippen LogP contribution in [0.1, 0.15) is 32.0 Å². The number of ether oxygens (including phenoxy) is 1. The van der Waals surface area contributed by atoms with Crippen LogP contribution in [0.4, 0.5) is 8.78 Å². The molecule has 0 radical (unpaired) electrons. The molecule has 5 heteroatoms. The fourth-order valence-corrected chi connectivity index (χ4v) is 2.74. The summed E-state index contributed by atoms with van der Waals surface area (Å²) in [6.45, 7) is 6.87. The van der Waals surface area contributed by atoms with Crippen LogP contribution in [0, 0.1) is 18.6 Å². The Morgan fingerprint density at radius 2 is 1.77 bits per heavy atom. The highest BCUT2D eigenvalue weighted by Gasteiger charge is 2.29. The maximum atomic E-state index is 13.9. The molecule has 0 fully saturated rings. The third kappa shape index (κ3) is 3.05. The van der Waals surface area contributed by atoms with E-state index in [1.54, 1.807) is 19.1 Å². The van der Waals surface area contributed by atoms with Crippen molar-refractivity contribution in [2.24, 2.45) is 0 Å². The molecule has 1 aromatic heterocycles. The molecule has 0 aliphatic carbocycles. The van der Waals surface area contributed by atoms with Gasteiger partial charge in [-0.25, -0.2) is 13.8 Å². The van der Waals surface area contributed by atoms with Gasteiger partial charge in [0.1, 0.15) is 22.8 Å². The monoisotopic (exact) mass is 355 g/mol. The lowest BCUT2D eigenvalue weighted by atomic mass is 9.81. The Balaban J connectivity index is 2.10. The maximum absolute atomic E-state index is 13.9. The van der Waals surface area contributed by atoms with Gasteiger partial charge < -0.3 is 4.74 Å². The van der Waals surface area contributed by atoms with E-state index in [1.165, 1.54) is 13.0 Å². The van der Waals surface area contributed by atoms with Crippen molar-refractivity contribution in [3.05, 3.63) is 65.4 Å². The Hall–Kier alpha value is -2.82. The maximum Gasteiger partial charge on any atom is 0.184 e. The molecule has 0 bridgehead atoms. The van der Waals surface area contributed by atoms with Crippen molar-refractivity contribution in [1.82, 2.24) is 4.98 Å². The number of benzene rings is 2. The van der Waals surface area contributed by atoms with Crippen molar-refractivity contribution in [2.45, 2.75) is 33.1 Å². The lowest BCUT2D eigenvalue weighted by molar-refractivity contribution is -0.121. The van der Waals surface area contributed by atoms with Crippen molar-refractivity contribution >= 4 is 16.7 Å². The first-order valence-corrected chi connectivity index (χ1v) is 8.25. The molecule has 3 rings (SSSR count). The second kappa shape index (κ2) is 6.48. The molecule has 0 saturated carbocycles. The predicted octanol–water partition coefficient (Wildman–Crippen LogP) is 5.48. The number of aromatic nitrogens is 1. The molecule has 0 aliphatic rings. The van der Waals surface area contributed by atoms with Crippen molar-refractivity contribution in [3.63, 3.8) is 0 Å². The molecule has 0 amide bonds. The summed E-state index contributed by atoms with van der Waals surface area (Å²) >= 11 is 0. The van der Waals surface area contributed by atoms with Crippen molar-refractivity contribution in [1.29, 1.82) is 0 Å². The van der Waals surface area contributed by atoms with Crippen molar-refractivity contribution in [2.75, 3.05) is 0 Å². The van der Waals surface area contributed by atoms with E-state index in [2.05, 4.69) is 4.98 Å². The van der Waals surface area contributed by atoms with E-state index >= 15 is 0 Å². The Kier molecular flexibility index (Phi) is 4.48. The van der Waals surface area contributed by atoms with Crippen LogP contribution < -0.4 is 4.74 Å². The van der Waals surface area contributed by atoms with E-state index in [4.69, 9.17) is 4.74 Å². The molecule has 2 aromatic carbocycles. The number of carbonyl (C=O) groups excluding carboxylic acids is 1. The van der Waals surface area contributed by atoms with E-state index in [0.717, 1.165) is 11.6 Å². The second-order valence-corrected chi connectivity index (χ2v) is 6.78. The Morgan fingerprint density at radius 1 is 1.08 bits per heavy atom. The average Bonchev–Trinajstić information content (AvgIpc) is 2.60. The molecule has 0 N–H and O–H groups in total. The fraction of sp³-hybridized carbons (Fsp3) is 0.238. The zero-order valence-corrected chi connectivity index (χ0v) is 15.1. The highest BCUT2D eigenvalue weighted by Crippen LogP contribution is 2.36. The van der Waals surface area contributed by atoms with Gasteiger partial charge in [-0.3, -0.25) is 4.79 Å². The van der Waals surface area contributed by atoms with Crippen molar-refractivity contribution in [3.8, 4) is 11.5 Å². The Labute approximate surface area is 150 Å². The van der Waals surface area contributed by atoms with Gasteiger partial charge in [0.15, 0.2) is 11.6 Å². The average molecular weight is 355 g/mol. The minimum absolute atomic E-state index is 0.0134. The summed E-state index contributed by atoms with van der Waals surface area (Å²) < 4.78 is 33.4. The van der Waals surface area contributed by atoms with Gasteiger partial charge in [0.2, 0.25) is 0 Å². The number of para-hydroxylation sites is 1. The number of halogens is 2. The minimum atomic E-state index is -0.977. The molecule has 0 spiro atoms. The topological polar surface area (TPSA) is 39.2 Å². The number of Topliss-reactive ketones (excluding diaryl/α,β-unsaturated/α-hetero) is 1.